The van der Waals surface area contributed by atoms with Crippen molar-refractivity contribution in [3.63, 3.8) is 0 Å². The second-order valence-corrected chi connectivity index (χ2v) is 5.73. The van der Waals surface area contributed by atoms with E-state index in [-0.39, 0.29) is 0 Å². The van der Waals surface area contributed by atoms with Crippen LogP contribution < -0.4 is 9.47 Å². The third-order valence-electron chi connectivity index (χ3n) is 4.24. The summed E-state index contributed by atoms with van der Waals surface area (Å²) in [6, 6.07) is 2.11. The van der Waals surface area contributed by atoms with Gasteiger partial charge in [0.05, 0.1) is 14.2 Å². The molecule has 0 atom stereocenters. The van der Waals surface area contributed by atoms with Crippen molar-refractivity contribution in [3.8, 4) is 11.5 Å². The summed E-state index contributed by atoms with van der Waals surface area (Å²) in [4.78, 5) is 4.80. The Hall–Kier alpha value is -2.03. The lowest BCUT2D eigenvalue weighted by Crippen LogP contribution is -2.17. The number of ether oxygens (including phenoxy) is 2. The van der Waals surface area contributed by atoms with Gasteiger partial charge in [0.2, 0.25) is 0 Å². The number of allylic oxidation sites excluding steroid dienone is 2. The molecule has 0 aliphatic carbocycles. The number of aliphatic imine (C=N–C) groups is 1. The van der Waals surface area contributed by atoms with Crippen LogP contribution in [0, 0.1) is 0 Å². The number of nitrogens with zero attached hydrogens (tertiary/aromatic N) is 1. The van der Waals surface area contributed by atoms with Gasteiger partial charge in [0.1, 0.15) is 0 Å². The minimum absolute atomic E-state index is 0.758. The van der Waals surface area contributed by atoms with E-state index in [4.69, 9.17) is 14.5 Å². The lowest BCUT2D eigenvalue weighted by atomic mass is 9.88. The number of rotatable bonds is 9. The first-order chi connectivity index (χ1) is 11.3. The summed E-state index contributed by atoms with van der Waals surface area (Å²) in [7, 11) is 3.38. The molecule has 0 saturated heterocycles. The Balaban J connectivity index is 2.41. The van der Waals surface area contributed by atoms with Crippen molar-refractivity contribution >= 4 is 5.71 Å². The van der Waals surface area contributed by atoms with Crippen LogP contribution in [0.2, 0.25) is 0 Å². The van der Waals surface area contributed by atoms with Crippen LogP contribution >= 0.6 is 0 Å². The number of hydrogen-bond acceptors (Lipinski definition) is 3. The van der Waals surface area contributed by atoms with Gasteiger partial charge in [-0.2, -0.15) is 0 Å². The van der Waals surface area contributed by atoms with E-state index >= 15 is 0 Å². The van der Waals surface area contributed by atoms with Crippen LogP contribution in [0.15, 0.2) is 36.4 Å². The summed E-state index contributed by atoms with van der Waals surface area (Å²) in [5.41, 5.74) is 4.92. The van der Waals surface area contributed by atoms with Gasteiger partial charge in [-0.15, -0.1) is 13.2 Å². The average Bonchev–Trinajstić information content (AvgIpc) is 2.58. The van der Waals surface area contributed by atoms with Crippen LogP contribution in [-0.4, -0.2) is 26.5 Å². The summed E-state index contributed by atoms with van der Waals surface area (Å²) >= 11 is 0. The van der Waals surface area contributed by atoms with Gasteiger partial charge in [0, 0.05) is 23.4 Å². The molecule has 1 aromatic rings. The Bertz CT molecular complexity index is 602. The van der Waals surface area contributed by atoms with Crippen molar-refractivity contribution in [2.75, 3.05) is 20.8 Å². The van der Waals surface area contributed by atoms with E-state index in [9.17, 15) is 0 Å². The topological polar surface area (TPSA) is 30.8 Å². The highest BCUT2D eigenvalue weighted by Gasteiger charge is 2.23. The largest absolute Gasteiger partial charge is 0.493 e. The molecule has 0 amide bonds. The summed E-state index contributed by atoms with van der Waals surface area (Å²) in [5.74, 6) is 1.61. The fourth-order valence-electron chi connectivity index (χ4n) is 3.20. The first-order valence-corrected chi connectivity index (χ1v) is 8.29. The minimum Gasteiger partial charge on any atom is -0.493 e. The molecule has 0 radical (unpaired) electrons. The van der Waals surface area contributed by atoms with Crippen molar-refractivity contribution in [2.24, 2.45) is 4.99 Å². The van der Waals surface area contributed by atoms with Crippen molar-refractivity contribution in [1.82, 2.24) is 0 Å². The Labute approximate surface area is 139 Å². The van der Waals surface area contributed by atoms with Gasteiger partial charge in [0.15, 0.2) is 11.5 Å². The van der Waals surface area contributed by atoms with Gasteiger partial charge < -0.3 is 9.47 Å². The van der Waals surface area contributed by atoms with Crippen LogP contribution in [0.25, 0.3) is 0 Å². The second-order valence-electron chi connectivity index (χ2n) is 5.73. The Morgan fingerprint density at radius 2 is 2.00 bits per heavy atom. The molecule has 0 fully saturated rings. The maximum atomic E-state index is 5.64. The first-order valence-electron chi connectivity index (χ1n) is 8.29. The highest BCUT2D eigenvalue weighted by molar-refractivity contribution is 6.04. The van der Waals surface area contributed by atoms with Crippen LogP contribution in [0.5, 0.6) is 11.5 Å². The van der Waals surface area contributed by atoms with Gasteiger partial charge in [-0.1, -0.05) is 12.2 Å². The fourth-order valence-corrected chi connectivity index (χ4v) is 3.20. The quantitative estimate of drug-likeness (QED) is 0.495. The SMILES string of the molecule is C=CCCCCC1=NCCc2cc(OC)c(OC)c(CC=C)c21. The van der Waals surface area contributed by atoms with Gasteiger partial charge in [-0.05, 0) is 50.2 Å². The van der Waals surface area contributed by atoms with Gasteiger partial charge in [-0.25, -0.2) is 0 Å². The van der Waals surface area contributed by atoms with Gasteiger partial charge >= 0.3 is 0 Å². The van der Waals surface area contributed by atoms with E-state index in [1.54, 1.807) is 14.2 Å². The van der Waals surface area contributed by atoms with Crippen molar-refractivity contribution in [1.29, 1.82) is 0 Å². The zero-order chi connectivity index (χ0) is 16.7. The lowest BCUT2D eigenvalue weighted by Gasteiger charge is -2.24. The maximum Gasteiger partial charge on any atom is 0.164 e. The van der Waals surface area contributed by atoms with E-state index in [0.717, 1.165) is 62.1 Å². The van der Waals surface area contributed by atoms with Crippen LogP contribution in [0.1, 0.15) is 42.4 Å². The zero-order valence-corrected chi connectivity index (χ0v) is 14.4. The Morgan fingerprint density at radius 1 is 1.17 bits per heavy atom. The minimum atomic E-state index is 0.758. The van der Waals surface area contributed by atoms with Crippen LogP contribution in [0.3, 0.4) is 0 Å². The van der Waals surface area contributed by atoms with E-state index in [1.165, 1.54) is 16.8 Å². The van der Waals surface area contributed by atoms with Gasteiger partial charge in [0.25, 0.3) is 0 Å². The monoisotopic (exact) mass is 313 g/mol. The number of methoxy groups -OCH3 is 2. The molecule has 124 valence electrons. The smallest absolute Gasteiger partial charge is 0.164 e. The molecule has 0 N–H and O–H groups in total. The molecule has 0 unspecified atom stereocenters. The molecule has 0 spiro atoms. The standard InChI is InChI=1S/C20H27NO2/c1-5-7-8-9-11-17-19-15(12-13-21-17)14-18(22-3)20(23-4)16(19)10-6-2/h5-6,14H,1-2,7-13H2,3-4H3. The molecular formula is C20H27NO2. The molecule has 1 aromatic carbocycles. The molecule has 0 saturated carbocycles. The van der Waals surface area contributed by atoms with Crippen LogP contribution in [0.4, 0.5) is 0 Å². The van der Waals surface area contributed by atoms with E-state index in [2.05, 4.69) is 19.2 Å². The Morgan fingerprint density at radius 3 is 2.65 bits per heavy atom. The second kappa shape index (κ2) is 8.56. The van der Waals surface area contributed by atoms with E-state index in [1.807, 2.05) is 12.2 Å². The highest BCUT2D eigenvalue weighted by atomic mass is 16.5. The molecular weight excluding hydrogens is 286 g/mol. The summed E-state index contributed by atoms with van der Waals surface area (Å²) in [6.07, 6.45) is 9.96. The third-order valence-corrected chi connectivity index (χ3v) is 4.24. The molecule has 3 nitrogen and oxygen atoms in total. The molecule has 23 heavy (non-hydrogen) atoms. The zero-order valence-electron chi connectivity index (χ0n) is 14.4. The molecule has 1 aliphatic heterocycles. The Kier molecular flexibility index (Phi) is 6.45. The van der Waals surface area contributed by atoms with Gasteiger partial charge in [-0.3, -0.25) is 4.99 Å². The normalized spacial score (nSPS) is 13.0. The third kappa shape index (κ3) is 3.84. The molecule has 3 heteroatoms. The molecule has 1 heterocycles. The summed E-state index contributed by atoms with van der Waals surface area (Å²) in [5, 5.41) is 0. The predicted octanol–water partition coefficient (Wildman–Crippen LogP) is 4.52. The maximum absolute atomic E-state index is 5.64. The number of fused-ring (bicyclic) bond motifs is 1. The summed E-state index contributed by atoms with van der Waals surface area (Å²) < 4.78 is 11.2. The number of benzene rings is 1. The first kappa shape index (κ1) is 17.3. The molecule has 0 bridgehead atoms. The van der Waals surface area contributed by atoms with Crippen molar-refractivity contribution < 1.29 is 9.47 Å². The predicted molar refractivity (Wildman–Crippen MR) is 97.2 cm³/mol. The average molecular weight is 313 g/mol. The van der Waals surface area contributed by atoms with E-state index in [0.29, 0.717) is 0 Å². The highest BCUT2D eigenvalue weighted by Crippen LogP contribution is 2.38. The number of unbranched alkanes of at least 4 members (excludes halogenated alkanes) is 2. The molecule has 1 aliphatic rings. The molecule has 0 aromatic heterocycles. The lowest BCUT2D eigenvalue weighted by molar-refractivity contribution is 0.351. The fraction of sp³-hybridized carbons (Fsp3) is 0.450. The molecule has 2 rings (SSSR count). The number of hydrogen-bond donors (Lipinski definition) is 0. The van der Waals surface area contributed by atoms with Crippen molar-refractivity contribution in [3.05, 3.63) is 48.1 Å². The summed E-state index contributed by atoms with van der Waals surface area (Å²) in [6.45, 7) is 8.54. The van der Waals surface area contributed by atoms with Crippen molar-refractivity contribution in [2.45, 2.75) is 38.5 Å². The van der Waals surface area contributed by atoms with Crippen LogP contribution in [-0.2, 0) is 12.8 Å². The van der Waals surface area contributed by atoms with E-state index < -0.39 is 0 Å².